The standard InChI is InChI=1S/C24H25N5O4/c1-24(15-9-11-16(33-2)12-10-15)22(31)29(23(32)27-24)14-20(30)28-13-5-8-19(28)21-25-17-6-3-4-7-18(17)26-21/h3-4,6-7,9-12,19H,5,8,13-14H2,1-2H3,(H,25,26)(H,27,32). The molecule has 9 nitrogen and oxygen atoms in total. The number of carbonyl (C=O) groups is 3. The molecular formula is C24H25N5O4. The van der Waals surface area contributed by atoms with Gasteiger partial charge in [0.05, 0.1) is 24.2 Å². The third-order valence-corrected chi connectivity index (χ3v) is 6.53. The zero-order chi connectivity index (χ0) is 23.2. The first-order valence-electron chi connectivity index (χ1n) is 10.9. The Balaban J connectivity index is 1.34. The normalized spacial score (nSPS) is 22.8. The first kappa shape index (κ1) is 21.0. The zero-order valence-corrected chi connectivity index (χ0v) is 18.5. The summed E-state index contributed by atoms with van der Waals surface area (Å²) in [6.45, 7) is 1.89. The molecule has 33 heavy (non-hydrogen) atoms. The zero-order valence-electron chi connectivity index (χ0n) is 18.5. The van der Waals surface area contributed by atoms with Crippen LogP contribution in [-0.2, 0) is 15.1 Å². The first-order valence-corrected chi connectivity index (χ1v) is 10.9. The van der Waals surface area contributed by atoms with E-state index >= 15 is 0 Å². The summed E-state index contributed by atoms with van der Waals surface area (Å²) < 4.78 is 5.17. The van der Waals surface area contributed by atoms with Gasteiger partial charge in [0.25, 0.3) is 5.91 Å². The van der Waals surface area contributed by atoms with Crippen molar-refractivity contribution < 1.29 is 19.1 Å². The van der Waals surface area contributed by atoms with Crippen LogP contribution in [0.3, 0.4) is 0 Å². The van der Waals surface area contributed by atoms with Crippen molar-refractivity contribution >= 4 is 28.9 Å². The fourth-order valence-corrected chi connectivity index (χ4v) is 4.67. The quantitative estimate of drug-likeness (QED) is 0.585. The van der Waals surface area contributed by atoms with Crippen molar-refractivity contribution in [2.75, 3.05) is 20.2 Å². The van der Waals surface area contributed by atoms with Gasteiger partial charge in [-0.2, -0.15) is 0 Å². The fraction of sp³-hybridized carbons (Fsp3) is 0.333. The van der Waals surface area contributed by atoms with Crippen molar-refractivity contribution in [2.24, 2.45) is 0 Å². The van der Waals surface area contributed by atoms with Gasteiger partial charge in [-0.3, -0.25) is 14.5 Å². The summed E-state index contributed by atoms with van der Waals surface area (Å²) in [6.07, 6.45) is 1.60. The highest BCUT2D eigenvalue weighted by molar-refractivity contribution is 6.09. The SMILES string of the molecule is COc1ccc(C2(C)NC(=O)N(CC(=O)N3CCCC3c3nc4ccccc4[nH]3)C2=O)cc1. The molecule has 3 aromatic rings. The van der Waals surface area contributed by atoms with Gasteiger partial charge < -0.3 is 19.9 Å². The van der Waals surface area contributed by atoms with E-state index in [9.17, 15) is 14.4 Å². The monoisotopic (exact) mass is 447 g/mol. The number of imidazole rings is 1. The van der Waals surface area contributed by atoms with Gasteiger partial charge in [-0.15, -0.1) is 0 Å². The molecule has 2 N–H and O–H groups in total. The van der Waals surface area contributed by atoms with E-state index in [-0.39, 0.29) is 18.5 Å². The molecule has 170 valence electrons. The average Bonchev–Trinajstić information content (AvgIpc) is 3.53. The molecule has 0 aliphatic carbocycles. The second-order valence-corrected chi connectivity index (χ2v) is 8.56. The van der Waals surface area contributed by atoms with E-state index < -0.39 is 17.5 Å². The van der Waals surface area contributed by atoms with Crippen LogP contribution in [0.2, 0.25) is 0 Å². The minimum atomic E-state index is -1.24. The third kappa shape index (κ3) is 3.49. The number of ether oxygens (including phenoxy) is 1. The van der Waals surface area contributed by atoms with Gasteiger partial charge in [-0.1, -0.05) is 24.3 Å². The smallest absolute Gasteiger partial charge is 0.325 e. The Hall–Kier alpha value is -3.88. The number of rotatable bonds is 5. The third-order valence-electron chi connectivity index (χ3n) is 6.53. The number of H-pyrrole nitrogens is 1. The van der Waals surface area contributed by atoms with Gasteiger partial charge in [0.1, 0.15) is 23.7 Å². The van der Waals surface area contributed by atoms with Crippen LogP contribution in [0.5, 0.6) is 5.75 Å². The molecule has 2 fully saturated rings. The number of aromatic amines is 1. The molecule has 0 radical (unpaired) electrons. The number of carbonyl (C=O) groups excluding carboxylic acids is 3. The Morgan fingerprint density at radius 3 is 2.67 bits per heavy atom. The van der Waals surface area contributed by atoms with Gasteiger partial charge in [-0.25, -0.2) is 9.78 Å². The van der Waals surface area contributed by atoms with Crippen molar-refractivity contribution in [3.63, 3.8) is 0 Å². The molecule has 0 bridgehead atoms. The van der Waals surface area contributed by atoms with E-state index in [4.69, 9.17) is 4.74 Å². The Morgan fingerprint density at radius 1 is 1.18 bits per heavy atom. The number of imide groups is 1. The van der Waals surface area contributed by atoms with Crippen molar-refractivity contribution in [1.82, 2.24) is 25.1 Å². The van der Waals surface area contributed by atoms with E-state index in [2.05, 4.69) is 15.3 Å². The van der Waals surface area contributed by atoms with Crippen LogP contribution in [0.4, 0.5) is 4.79 Å². The molecule has 1 aromatic heterocycles. The summed E-state index contributed by atoms with van der Waals surface area (Å²) in [6, 6.07) is 13.9. The van der Waals surface area contributed by atoms with Crippen LogP contribution >= 0.6 is 0 Å². The maximum absolute atomic E-state index is 13.2. The predicted octanol–water partition coefficient (Wildman–Crippen LogP) is 2.70. The van der Waals surface area contributed by atoms with Crippen LogP contribution in [0.1, 0.15) is 37.2 Å². The van der Waals surface area contributed by atoms with Crippen molar-refractivity contribution in [3.05, 3.63) is 59.9 Å². The number of likely N-dealkylation sites (tertiary alicyclic amines) is 1. The second kappa shape index (κ2) is 7.91. The lowest BCUT2D eigenvalue weighted by atomic mass is 9.92. The van der Waals surface area contributed by atoms with Gasteiger partial charge in [0.2, 0.25) is 5.91 Å². The number of urea groups is 1. The van der Waals surface area contributed by atoms with E-state index in [1.807, 2.05) is 24.3 Å². The molecule has 2 aliphatic rings. The highest BCUT2D eigenvalue weighted by Crippen LogP contribution is 2.33. The van der Waals surface area contributed by atoms with Crippen LogP contribution in [0.15, 0.2) is 48.5 Å². The molecule has 2 atom stereocenters. The number of nitrogens with one attached hydrogen (secondary N) is 2. The largest absolute Gasteiger partial charge is 0.497 e. The van der Waals surface area contributed by atoms with Crippen LogP contribution in [-0.4, -0.2) is 57.8 Å². The van der Waals surface area contributed by atoms with E-state index in [0.717, 1.165) is 34.6 Å². The number of para-hydroxylation sites is 2. The molecule has 9 heteroatoms. The van der Waals surface area contributed by atoms with Crippen LogP contribution < -0.4 is 10.1 Å². The van der Waals surface area contributed by atoms with Gasteiger partial charge in [0, 0.05) is 6.54 Å². The summed E-state index contributed by atoms with van der Waals surface area (Å²) in [5.74, 6) is 0.644. The minimum Gasteiger partial charge on any atom is -0.497 e. The summed E-state index contributed by atoms with van der Waals surface area (Å²) in [5.41, 5.74) is 1.14. The first-order chi connectivity index (χ1) is 15.9. The van der Waals surface area contributed by atoms with E-state index in [1.165, 1.54) is 0 Å². The predicted molar refractivity (Wildman–Crippen MR) is 120 cm³/mol. The van der Waals surface area contributed by atoms with Crippen molar-refractivity contribution in [2.45, 2.75) is 31.3 Å². The lowest BCUT2D eigenvalue weighted by molar-refractivity contribution is -0.139. The van der Waals surface area contributed by atoms with Gasteiger partial charge in [0.15, 0.2) is 0 Å². The summed E-state index contributed by atoms with van der Waals surface area (Å²) in [7, 11) is 1.56. The van der Waals surface area contributed by atoms with Crippen LogP contribution in [0, 0.1) is 0 Å². The number of fused-ring (bicyclic) bond motifs is 1. The summed E-state index contributed by atoms with van der Waals surface area (Å²) in [5, 5.41) is 2.75. The van der Waals surface area contributed by atoms with Crippen LogP contribution in [0.25, 0.3) is 11.0 Å². The molecule has 4 amide bonds. The molecule has 3 heterocycles. The highest BCUT2D eigenvalue weighted by Gasteiger charge is 2.50. The second-order valence-electron chi connectivity index (χ2n) is 8.56. The number of nitrogens with zero attached hydrogens (tertiary/aromatic N) is 3. The molecule has 2 aromatic carbocycles. The maximum atomic E-state index is 13.2. The number of hydrogen-bond acceptors (Lipinski definition) is 5. The summed E-state index contributed by atoms with van der Waals surface area (Å²) in [4.78, 5) is 49.8. The van der Waals surface area contributed by atoms with Crippen molar-refractivity contribution in [3.8, 4) is 5.75 Å². The number of methoxy groups -OCH3 is 1. The van der Waals surface area contributed by atoms with Gasteiger partial charge >= 0.3 is 6.03 Å². The van der Waals surface area contributed by atoms with Gasteiger partial charge in [-0.05, 0) is 49.6 Å². The molecule has 0 saturated carbocycles. The molecule has 5 rings (SSSR count). The number of amides is 4. The minimum absolute atomic E-state index is 0.210. The number of hydrogen-bond donors (Lipinski definition) is 2. The summed E-state index contributed by atoms with van der Waals surface area (Å²) >= 11 is 0. The Labute approximate surface area is 190 Å². The number of benzene rings is 2. The Morgan fingerprint density at radius 2 is 1.94 bits per heavy atom. The topological polar surface area (TPSA) is 108 Å². The fourth-order valence-electron chi connectivity index (χ4n) is 4.67. The molecule has 2 unspecified atom stereocenters. The molecule has 2 aliphatic heterocycles. The molecule has 0 spiro atoms. The highest BCUT2D eigenvalue weighted by atomic mass is 16.5. The Kier molecular flexibility index (Phi) is 5.03. The lowest BCUT2D eigenvalue weighted by Gasteiger charge is -2.26. The Bertz CT molecular complexity index is 1200. The lowest BCUT2D eigenvalue weighted by Crippen LogP contribution is -2.44. The van der Waals surface area contributed by atoms with E-state index in [1.54, 1.807) is 43.2 Å². The molecular weight excluding hydrogens is 422 g/mol. The average molecular weight is 447 g/mol. The molecule has 2 saturated heterocycles. The van der Waals surface area contributed by atoms with E-state index in [0.29, 0.717) is 17.9 Å². The number of aromatic nitrogens is 2. The maximum Gasteiger partial charge on any atom is 0.325 e. The van der Waals surface area contributed by atoms with Crippen molar-refractivity contribution in [1.29, 1.82) is 0 Å².